The number of aliphatic hydroxyl groups excluding tert-OH is 1. The number of carbonyl (C=O) groups is 4. The predicted molar refractivity (Wildman–Crippen MR) is 152 cm³/mol. The lowest BCUT2D eigenvalue weighted by molar-refractivity contribution is -0.757. The molecule has 0 aromatic rings. The van der Waals surface area contributed by atoms with E-state index < -0.39 is 77.0 Å². The Bertz CT molecular complexity index is 1300. The third-order valence-electron chi connectivity index (χ3n) is 10.7. The lowest BCUT2D eigenvalue weighted by Crippen LogP contribution is -2.64. The molecular weight excluding hydrogens is 595 g/mol. The molecular formula is C31H41FN2O11. The Hall–Kier alpha value is -3.23. The zero-order valence-corrected chi connectivity index (χ0v) is 25.7. The minimum absolute atomic E-state index is 0.0717. The van der Waals surface area contributed by atoms with Crippen LogP contribution in [0, 0.1) is 38.7 Å². The van der Waals surface area contributed by atoms with Crippen LogP contribution in [-0.2, 0) is 38.2 Å². The third kappa shape index (κ3) is 5.69. The van der Waals surface area contributed by atoms with E-state index in [-0.39, 0.29) is 55.8 Å². The van der Waals surface area contributed by atoms with Gasteiger partial charge in [-0.3, -0.25) is 19.2 Å². The lowest BCUT2D eigenvalue weighted by atomic mass is 9.46. The van der Waals surface area contributed by atoms with Gasteiger partial charge in [-0.05, 0) is 61.7 Å². The molecule has 0 aromatic carbocycles. The normalized spacial score (nSPS) is 39.5. The molecule has 10 atom stereocenters. The average Bonchev–Trinajstić information content (AvgIpc) is 3.45. The summed E-state index contributed by atoms with van der Waals surface area (Å²) in [6, 6.07) is 0. The fourth-order valence-corrected chi connectivity index (χ4v) is 8.95. The summed E-state index contributed by atoms with van der Waals surface area (Å²) in [5.41, 5.74) is -3.01. The second kappa shape index (κ2) is 12.5. The van der Waals surface area contributed by atoms with Gasteiger partial charge >= 0.3 is 5.97 Å². The highest BCUT2D eigenvalue weighted by molar-refractivity contribution is 6.01. The number of ether oxygens (including phenoxy) is 3. The molecule has 5 aliphatic rings. The van der Waals surface area contributed by atoms with Crippen LogP contribution in [0.25, 0.3) is 0 Å². The molecule has 3 saturated carbocycles. The summed E-state index contributed by atoms with van der Waals surface area (Å²) in [6.07, 6.45) is 2.63. The summed E-state index contributed by atoms with van der Waals surface area (Å²) < 4.78 is 33.9. The molecule has 1 aliphatic heterocycles. The summed E-state index contributed by atoms with van der Waals surface area (Å²) in [5.74, 6) is -3.20. The number of halogens is 1. The van der Waals surface area contributed by atoms with E-state index in [1.165, 1.54) is 12.2 Å². The molecule has 0 bridgehead atoms. The van der Waals surface area contributed by atoms with Crippen molar-refractivity contribution in [3.8, 4) is 0 Å². The summed E-state index contributed by atoms with van der Waals surface area (Å²) in [6.45, 7) is 4.25. The van der Waals surface area contributed by atoms with Gasteiger partial charge in [0.15, 0.2) is 24.3 Å². The Morgan fingerprint density at radius 3 is 2.73 bits per heavy atom. The first-order chi connectivity index (χ1) is 21.3. The molecule has 1 amide bonds. The van der Waals surface area contributed by atoms with Crippen molar-refractivity contribution in [2.45, 2.75) is 96.0 Å². The molecule has 1 heterocycles. The molecule has 0 spiro atoms. The van der Waals surface area contributed by atoms with Gasteiger partial charge in [0.2, 0.25) is 11.7 Å². The first-order valence-corrected chi connectivity index (χ1v) is 15.6. The van der Waals surface area contributed by atoms with Gasteiger partial charge in [-0.1, -0.05) is 33.3 Å². The number of carbonyl (C=O) groups excluding carboxylic acids is 4. The van der Waals surface area contributed by atoms with E-state index in [0.29, 0.717) is 18.4 Å². The largest absolute Gasteiger partial charge is 0.456 e. The highest BCUT2D eigenvalue weighted by Crippen LogP contribution is 2.70. The number of aliphatic hydroxyl groups is 1. The molecule has 0 radical (unpaired) electrons. The van der Waals surface area contributed by atoms with Crippen LogP contribution in [0.1, 0.15) is 65.7 Å². The van der Waals surface area contributed by atoms with Crippen LogP contribution in [0.5, 0.6) is 0 Å². The molecule has 4 aliphatic carbocycles. The number of Topliss-reactive ketones (excluding diaryl/α,β-unsaturated/α-hetero) is 1. The monoisotopic (exact) mass is 636 g/mol. The Morgan fingerprint density at radius 2 is 2.02 bits per heavy atom. The quantitative estimate of drug-likeness (QED) is 0.139. The number of allylic oxidation sites excluding steroid dienone is 4. The van der Waals surface area contributed by atoms with Crippen molar-refractivity contribution in [3.63, 3.8) is 0 Å². The highest BCUT2D eigenvalue weighted by Gasteiger charge is 2.76. The second-order valence-corrected chi connectivity index (χ2v) is 13.3. The number of alkyl halides is 1. The van der Waals surface area contributed by atoms with Crippen LogP contribution in [0.15, 0.2) is 23.8 Å². The molecule has 1 unspecified atom stereocenters. The van der Waals surface area contributed by atoms with E-state index in [2.05, 4.69) is 10.2 Å². The third-order valence-corrected chi connectivity index (χ3v) is 10.7. The summed E-state index contributed by atoms with van der Waals surface area (Å²) >= 11 is 0. The topological polar surface area (TPSA) is 181 Å². The van der Waals surface area contributed by atoms with Gasteiger partial charge in [0.25, 0.3) is 5.09 Å². The van der Waals surface area contributed by atoms with Gasteiger partial charge in [0.05, 0.1) is 18.8 Å². The number of amides is 1. The van der Waals surface area contributed by atoms with Crippen molar-refractivity contribution in [2.24, 2.45) is 28.6 Å². The molecule has 0 aromatic heterocycles. The van der Waals surface area contributed by atoms with E-state index in [1.807, 2.05) is 20.8 Å². The molecule has 4 fully saturated rings. The number of fused-ring (bicyclic) bond motifs is 7. The number of ketones is 2. The fourth-order valence-electron chi connectivity index (χ4n) is 8.95. The minimum atomic E-state index is -1.55. The van der Waals surface area contributed by atoms with Crippen molar-refractivity contribution in [2.75, 3.05) is 19.8 Å². The highest BCUT2D eigenvalue weighted by atomic mass is 19.1. The van der Waals surface area contributed by atoms with Gasteiger partial charge in [-0.15, -0.1) is 10.1 Å². The predicted octanol–water partition coefficient (Wildman–Crippen LogP) is 2.32. The Morgan fingerprint density at radius 1 is 1.27 bits per heavy atom. The first kappa shape index (κ1) is 33.1. The molecule has 5 rings (SSSR count). The van der Waals surface area contributed by atoms with Crippen molar-refractivity contribution in [3.05, 3.63) is 33.9 Å². The van der Waals surface area contributed by atoms with Gasteiger partial charge in [0, 0.05) is 23.2 Å². The van der Waals surface area contributed by atoms with Gasteiger partial charge in [-0.2, -0.15) is 0 Å². The zero-order valence-electron chi connectivity index (χ0n) is 25.7. The zero-order chi connectivity index (χ0) is 32.7. The molecule has 2 N–H and O–H groups in total. The maximum atomic E-state index is 15.8. The van der Waals surface area contributed by atoms with Crippen LogP contribution in [0.4, 0.5) is 4.39 Å². The van der Waals surface area contributed by atoms with Crippen LogP contribution in [-0.4, -0.2) is 83.7 Å². The minimum Gasteiger partial charge on any atom is -0.456 e. The van der Waals surface area contributed by atoms with E-state index >= 15 is 4.39 Å². The fraction of sp³-hybridized carbons (Fsp3) is 0.742. The van der Waals surface area contributed by atoms with E-state index in [4.69, 9.17) is 14.2 Å². The van der Waals surface area contributed by atoms with Gasteiger partial charge < -0.3 is 29.5 Å². The van der Waals surface area contributed by atoms with E-state index in [9.17, 15) is 34.4 Å². The molecule has 13 nitrogen and oxygen atoms in total. The number of esters is 1. The standard InChI is InChI=1S/C31H41FN2O11/c1-4-6-27-44-24-13-19-18-12-21(32)20-11-17(35)8-9-29(20,2)28(18)22(36)14-30(19,3)31(24,45-27)23(37)16-42-26(39)15-33-25(38)7-5-10-43-34(40)41/h8-9,11,18-19,21-22,24,27-28,36H,4-7,10,12-16H2,1-3H3,(H,33,38)/t18-,19-,21-,22-,24+,27?,28+,29-,30-,31-/m0/s1. The van der Waals surface area contributed by atoms with Crippen LogP contribution in [0.2, 0.25) is 0 Å². The van der Waals surface area contributed by atoms with Crippen LogP contribution < -0.4 is 5.32 Å². The molecule has 45 heavy (non-hydrogen) atoms. The van der Waals surface area contributed by atoms with Crippen LogP contribution >= 0.6 is 0 Å². The maximum Gasteiger partial charge on any atom is 0.325 e. The Balaban J connectivity index is 1.32. The van der Waals surface area contributed by atoms with E-state index in [1.54, 1.807) is 6.08 Å². The number of nitrogens with zero attached hydrogens (tertiary/aromatic N) is 1. The maximum absolute atomic E-state index is 15.8. The number of hydrogen-bond acceptors (Lipinski definition) is 11. The molecule has 248 valence electrons. The van der Waals surface area contributed by atoms with Crippen molar-refractivity contribution < 1.29 is 52.8 Å². The molecule has 14 heteroatoms. The second-order valence-electron chi connectivity index (χ2n) is 13.3. The molecule has 1 saturated heterocycles. The number of hydrogen-bond donors (Lipinski definition) is 2. The summed E-state index contributed by atoms with van der Waals surface area (Å²) in [7, 11) is 0. The average molecular weight is 637 g/mol. The Labute approximate surface area is 259 Å². The Kier molecular flexibility index (Phi) is 9.22. The first-order valence-electron chi connectivity index (χ1n) is 15.6. The van der Waals surface area contributed by atoms with Crippen molar-refractivity contribution >= 4 is 23.4 Å². The van der Waals surface area contributed by atoms with Crippen molar-refractivity contribution in [1.82, 2.24) is 5.32 Å². The van der Waals surface area contributed by atoms with Crippen LogP contribution in [0.3, 0.4) is 0 Å². The summed E-state index contributed by atoms with van der Waals surface area (Å²) in [4.78, 5) is 65.0. The summed E-state index contributed by atoms with van der Waals surface area (Å²) in [5, 5.41) is 23.3. The number of nitrogens with one attached hydrogen (secondary N) is 1. The van der Waals surface area contributed by atoms with Gasteiger partial charge in [-0.25, -0.2) is 4.39 Å². The SMILES string of the molecule is CCCC1O[C@@H]2C[C@H]3[C@@H]4C[C@H](F)C5=CC(=O)C=C[C@]5(C)[C@H]4[C@@H](O)C[C@]3(C)[C@@]2(C(=O)COC(=O)CNC(=O)CCCO[N+](=O)[O-])O1. The van der Waals surface area contributed by atoms with Gasteiger partial charge in [0.1, 0.15) is 12.7 Å². The van der Waals surface area contributed by atoms with Crippen molar-refractivity contribution in [1.29, 1.82) is 0 Å². The lowest BCUT2D eigenvalue weighted by Gasteiger charge is -2.60. The smallest absolute Gasteiger partial charge is 0.325 e. The van der Waals surface area contributed by atoms with E-state index in [0.717, 1.165) is 6.42 Å². The number of rotatable bonds is 12.